The Morgan fingerprint density at radius 1 is 1.03 bits per heavy atom. The fourth-order valence-corrected chi connectivity index (χ4v) is 4.67. The van der Waals surface area contributed by atoms with Crippen LogP contribution in [-0.4, -0.2) is 84.1 Å². The number of fused-ring (bicyclic) bond motifs is 1. The van der Waals surface area contributed by atoms with Crippen LogP contribution in [0.3, 0.4) is 0 Å². The van der Waals surface area contributed by atoms with Gasteiger partial charge in [-0.3, -0.25) is 14.6 Å². The lowest BCUT2D eigenvalue weighted by atomic mass is 10.1. The molecule has 0 saturated carbocycles. The first-order valence-corrected chi connectivity index (χ1v) is 11.8. The van der Waals surface area contributed by atoms with Gasteiger partial charge in [-0.15, -0.1) is 0 Å². The van der Waals surface area contributed by atoms with E-state index >= 15 is 0 Å². The predicted octanol–water partition coefficient (Wildman–Crippen LogP) is 2.56. The number of carbonyl (C=O) groups excluding carboxylic acids is 2. The highest BCUT2D eigenvalue weighted by Crippen LogP contribution is 2.33. The zero-order valence-electron chi connectivity index (χ0n) is 19.8. The molecule has 2 amide bonds. The normalized spacial score (nSPS) is 19.6. The Kier molecular flexibility index (Phi) is 5.68. The number of nitrogens with zero attached hydrogens (tertiary/aromatic N) is 5. The van der Waals surface area contributed by atoms with Gasteiger partial charge in [-0.2, -0.15) is 4.98 Å². The van der Waals surface area contributed by atoms with Crippen molar-refractivity contribution in [2.24, 2.45) is 0 Å². The number of rotatable bonds is 5. The molecule has 6 rings (SSSR count). The van der Waals surface area contributed by atoms with Gasteiger partial charge in [0, 0.05) is 56.5 Å². The van der Waals surface area contributed by atoms with Gasteiger partial charge in [0.25, 0.3) is 5.91 Å². The van der Waals surface area contributed by atoms with Crippen LogP contribution < -0.4 is 14.4 Å². The molecule has 3 aromatic rings. The molecule has 1 aromatic heterocycles. The predicted molar refractivity (Wildman–Crippen MR) is 127 cm³/mol. The van der Waals surface area contributed by atoms with Crippen LogP contribution in [0, 0.1) is 6.92 Å². The van der Waals surface area contributed by atoms with Crippen LogP contribution in [0.25, 0.3) is 11.4 Å². The van der Waals surface area contributed by atoms with E-state index in [0.29, 0.717) is 68.0 Å². The average Bonchev–Trinajstić information content (AvgIpc) is 3.63. The lowest BCUT2D eigenvalue weighted by Gasteiger charge is -2.35. The van der Waals surface area contributed by atoms with Gasteiger partial charge in [-0.05, 0) is 42.5 Å². The summed E-state index contributed by atoms with van der Waals surface area (Å²) < 4.78 is 21.4. The van der Waals surface area contributed by atoms with Gasteiger partial charge in [0.15, 0.2) is 11.5 Å². The molecular weight excluding hydrogens is 466 g/mol. The van der Waals surface area contributed by atoms with E-state index in [-0.39, 0.29) is 24.9 Å². The fraction of sp³-hybridized carbons (Fsp3) is 0.360. The molecule has 2 saturated heterocycles. The highest BCUT2D eigenvalue weighted by Gasteiger charge is 2.34. The maximum atomic E-state index is 12.9. The second-order valence-electron chi connectivity index (χ2n) is 8.96. The van der Waals surface area contributed by atoms with E-state index in [0.717, 1.165) is 11.3 Å². The molecule has 1 atom stereocenters. The van der Waals surface area contributed by atoms with Crippen molar-refractivity contribution in [3.8, 4) is 22.9 Å². The number of hydrogen-bond acceptors (Lipinski definition) is 9. The van der Waals surface area contributed by atoms with Crippen LogP contribution in [0.2, 0.25) is 0 Å². The van der Waals surface area contributed by atoms with Crippen LogP contribution in [0.4, 0.5) is 10.5 Å². The van der Waals surface area contributed by atoms with Crippen molar-refractivity contribution in [2.45, 2.75) is 13.0 Å². The van der Waals surface area contributed by atoms with E-state index in [1.807, 2.05) is 29.2 Å². The molecule has 4 heterocycles. The minimum Gasteiger partial charge on any atom is -0.454 e. The Hall–Kier alpha value is -4.12. The number of piperazine rings is 1. The number of ether oxygens (including phenoxy) is 3. The van der Waals surface area contributed by atoms with E-state index in [2.05, 4.69) is 15.0 Å². The van der Waals surface area contributed by atoms with Gasteiger partial charge < -0.3 is 23.6 Å². The summed E-state index contributed by atoms with van der Waals surface area (Å²) in [5, 5.41) is 3.92. The van der Waals surface area contributed by atoms with Crippen molar-refractivity contribution >= 4 is 17.7 Å². The zero-order valence-corrected chi connectivity index (χ0v) is 19.8. The van der Waals surface area contributed by atoms with Gasteiger partial charge in [-0.1, -0.05) is 5.16 Å². The Balaban J connectivity index is 1.02. The Labute approximate surface area is 207 Å². The monoisotopic (exact) mass is 491 g/mol. The van der Waals surface area contributed by atoms with Crippen LogP contribution in [-0.2, 0) is 4.74 Å². The lowest BCUT2D eigenvalue weighted by Crippen LogP contribution is -2.50. The molecule has 0 radical (unpaired) electrons. The summed E-state index contributed by atoms with van der Waals surface area (Å²) in [7, 11) is 0. The van der Waals surface area contributed by atoms with Crippen LogP contribution >= 0.6 is 0 Å². The Morgan fingerprint density at radius 3 is 2.56 bits per heavy atom. The number of aryl methyl sites for hydroxylation is 1. The maximum absolute atomic E-state index is 12.9. The standard InChI is InChI=1S/C25H25N5O6/c1-16-26-23(27-36-16)17-2-5-19(6-3-17)30-14-20(35-25(30)32)13-28-8-10-29(11-9-28)24(31)18-4-7-21-22(12-18)34-15-33-21/h2-7,12,20H,8-11,13-15H2,1H3. The molecule has 0 N–H and O–H groups in total. The summed E-state index contributed by atoms with van der Waals surface area (Å²) in [5.41, 5.74) is 2.16. The second kappa shape index (κ2) is 9.15. The number of carbonyl (C=O) groups is 2. The van der Waals surface area contributed by atoms with Crippen LogP contribution in [0.15, 0.2) is 47.0 Å². The van der Waals surface area contributed by atoms with Crippen molar-refractivity contribution in [1.82, 2.24) is 19.9 Å². The number of amides is 2. The van der Waals surface area contributed by atoms with Gasteiger partial charge in [0.2, 0.25) is 18.5 Å². The van der Waals surface area contributed by atoms with Crippen LogP contribution in [0.1, 0.15) is 16.2 Å². The largest absolute Gasteiger partial charge is 0.454 e. The smallest absolute Gasteiger partial charge is 0.414 e. The summed E-state index contributed by atoms with van der Waals surface area (Å²) in [6.45, 7) is 5.64. The summed E-state index contributed by atoms with van der Waals surface area (Å²) in [6, 6.07) is 12.7. The number of cyclic esters (lactones) is 1. The molecule has 3 aliphatic rings. The molecule has 11 nitrogen and oxygen atoms in total. The molecule has 0 spiro atoms. The van der Waals surface area contributed by atoms with E-state index in [1.54, 1.807) is 30.0 Å². The number of aromatic nitrogens is 2. The first-order chi connectivity index (χ1) is 17.5. The minimum absolute atomic E-state index is 0.0224. The number of anilines is 1. The summed E-state index contributed by atoms with van der Waals surface area (Å²) in [5.74, 6) is 2.25. The fourth-order valence-electron chi connectivity index (χ4n) is 4.67. The highest BCUT2D eigenvalue weighted by molar-refractivity contribution is 5.95. The average molecular weight is 492 g/mol. The molecule has 0 aliphatic carbocycles. The van der Waals surface area contributed by atoms with E-state index in [4.69, 9.17) is 18.7 Å². The number of benzene rings is 2. The molecule has 186 valence electrons. The maximum Gasteiger partial charge on any atom is 0.414 e. The lowest BCUT2D eigenvalue weighted by molar-refractivity contribution is 0.0552. The van der Waals surface area contributed by atoms with Gasteiger partial charge >= 0.3 is 6.09 Å². The van der Waals surface area contributed by atoms with E-state index in [9.17, 15) is 9.59 Å². The minimum atomic E-state index is -0.361. The van der Waals surface area contributed by atoms with Crippen molar-refractivity contribution in [3.63, 3.8) is 0 Å². The van der Waals surface area contributed by atoms with E-state index in [1.165, 1.54) is 0 Å². The van der Waals surface area contributed by atoms with Crippen LogP contribution in [0.5, 0.6) is 11.5 Å². The molecule has 3 aliphatic heterocycles. The van der Waals surface area contributed by atoms with Crippen molar-refractivity contribution in [2.75, 3.05) is 51.0 Å². The molecule has 1 unspecified atom stereocenters. The third kappa shape index (κ3) is 4.33. The van der Waals surface area contributed by atoms with Crippen molar-refractivity contribution < 1.29 is 28.3 Å². The SMILES string of the molecule is Cc1nc(-c2ccc(N3CC(CN4CCN(C(=O)c5ccc6c(c5)OCO6)CC4)OC3=O)cc2)no1. The Bertz CT molecular complexity index is 1280. The molecule has 2 fully saturated rings. The van der Waals surface area contributed by atoms with Gasteiger partial charge in [0.05, 0.1) is 6.54 Å². The summed E-state index contributed by atoms with van der Waals surface area (Å²) in [6.07, 6.45) is -0.604. The van der Waals surface area contributed by atoms with Gasteiger partial charge in [0.1, 0.15) is 6.10 Å². The zero-order chi connectivity index (χ0) is 24.6. The molecular formula is C25H25N5O6. The molecule has 2 aromatic carbocycles. The topological polar surface area (TPSA) is 110 Å². The molecule has 36 heavy (non-hydrogen) atoms. The molecule has 11 heteroatoms. The second-order valence-corrected chi connectivity index (χ2v) is 8.96. The van der Waals surface area contributed by atoms with Gasteiger partial charge in [-0.25, -0.2) is 4.79 Å². The molecule has 0 bridgehead atoms. The highest BCUT2D eigenvalue weighted by atomic mass is 16.7. The third-order valence-electron chi connectivity index (χ3n) is 6.58. The van der Waals surface area contributed by atoms with Crippen molar-refractivity contribution in [1.29, 1.82) is 0 Å². The van der Waals surface area contributed by atoms with E-state index < -0.39 is 0 Å². The summed E-state index contributed by atoms with van der Waals surface area (Å²) >= 11 is 0. The summed E-state index contributed by atoms with van der Waals surface area (Å²) in [4.78, 5) is 35.4. The first-order valence-electron chi connectivity index (χ1n) is 11.8. The van der Waals surface area contributed by atoms with Crippen molar-refractivity contribution in [3.05, 3.63) is 53.9 Å². The number of hydrogen-bond donors (Lipinski definition) is 0. The quantitative estimate of drug-likeness (QED) is 0.532. The Morgan fingerprint density at radius 2 is 1.81 bits per heavy atom. The third-order valence-corrected chi connectivity index (χ3v) is 6.58. The first kappa shape index (κ1) is 22.4.